The van der Waals surface area contributed by atoms with Gasteiger partial charge in [0.15, 0.2) is 0 Å². The van der Waals surface area contributed by atoms with Crippen molar-refractivity contribution in [1.82, 2.24) is 20.9 Å². The molecule has 110 valence electrons. The van der Waals surface area contributed by atoms with E-state index >= 15 is 0 Å². The fourth-order valence-corrected chi connectivity index (χ4v) is 3.92. The van der Waals surface area contributed by atoms with Gasteiger partial charge in [-0.15, -0.1) is 0 Å². The van der Waals surface area contributed by atoms with Crippen molar-refractivity contribution in [3.05, 3.63) is 0 Å². The van der Waals surface area contributed by atoms with Gasteiger partial charge in [0.2, 0.25) is 0 Å². The molecule has 0 aliphatic carbocycles. The minimum absolute atomic E-state index is 0.583. The summed E-state index contributed by atoms with van der Waals surface area (Å²) in [7, 11) is 0. The van der Waals surface area contributed by atoms with Crippen molar-refractivity contribution in [1.29, 1.82) is 0 Å². The monoisotopic (exact) mass is 266 g/mol. The van der Waals surface area contributed by atoms with Gasteiger partial charge in [-0.2, -0.15) is 0 Å². The van der Waals surface area contributed by atoms with Crippen LogP contribution in [0.5, 0.6) is 0 Å². The quantitative estimate of drug-likeness (QED) is 0.725. The Morgan fingerprint density at radius 1 is 0.526 bits per heavy atom. The SMILES string of the molecule is C1CCC(N(C2CCCCN2)C2CCCCN2)NC1. The maximum Gasteiger partial charge on any atom is 0.0625 e. The van der Waals surface area contributed by atoms with Crippen LogP contribution in [0, 0.1) is 0 Å². The third-order valence-electron chi connectivity index (χ3n) is 4.93. The Morgan fingerprint density at radius 3 is 1.16 bits per heavy atom. The Kier molecular flexibility index (Phi) is 5.10. The van der Waals surface area contributed by atoms with Gasteiger partial charge < -0.3 is 16.0 Å². The summed E-state index contributed by atoms with van der Waals surface area (Å²) in [6.07, 6.45) is 13.9. The fourth-order valence-electron chi connectivity index (χ4n) is 3.92. The lowest BCUT2D eigenvalue weighted by Crippen LogP contribution is -2.65. The normalized spacial score (nSPS) is 37.4. The largest absolute Gasteiger partial charge is 0.302 e. The molecule has 3 N–H and O–H groups in total. The van der Waals surface area contributed by atoms with Crippen molar-refractivity contribution in [3.8, 4) is 0 Å². The minimum atomic E-state index is 0.583. The molecule has 0 spiro atoms. The van der Waals surface area contributed by atoms with E-state index in [0.717, 1.165) is 0 Å². The smallest absolute Gasteiger partial charge is 0.0625 e. The standard InChI is InChI=1S/C15H30N4/c1-4-10-16-13(7-1)19(14-8-2-5-11-17-14)15-9-3-6-12-18-15/h13-18H,1-12H2. The summed E-state index contributed by atoms with van der Waals surface area (Å²) in [6.45, 7) is 3.59. The van der Waals surface area contributed by atoms with Gasteiger partial charge in [-0.05, 0) is 77.4 Å². The van der Waals surface area contributed by atoms with E-state index in [0.29, 0.717) is 18.5 Å². The van der Waals surface area contributed by atoms with Crippen LogP contribution >= 0.6 is 0 Å². The van der Waals surface area contributed by atoms with E-state index < -0.39 is 0 Å². The molecule has 0 bridgehead atoms. The molecule has 0 aromatic carbocycles. The van der Waals surface area contributed by atoms with Gasteiger partial charge in [0.25, 0.3) is 0 Å². The highest BCUT2D eigenvalue weighted by molar-refractivity contribution is 4.87. The summed E-state index contributed by atoms with van der Waals surface area (Å²) >= 11 is 0. The summed E-state index contributed by atoms with van der Waals surface area (Å²) < 4.78 is 0. The van der Waals surface area contributed by atoms with E-state index in [2.05, 4.69) is 20.9 Å². The van der Waals surface area contributed by atoms with Crippen molar-refractivity contribution < 1.29 is 0 Å². The van der Waals surface area contributed by atoms with Crippen molar-refractivity contribution in [2.24, 2.45) is 0 Å². The summed E-state index contributed by atoms with van der Waals surface area (Å²) in [6, 6.07) is 0. The van der Waals surface area contributed by atoms with Crippen LogP contribution in [-0.2, 0) is 0 Å². The Morgan fingerprint density at radius 2 is 0.895 bits per heavy atom. The average molecular weight is 266 g/mol. The molecule has 3 unspecified atom stereocenters. The zero-order valence-corrected chi connectivity index (χ0v) is 12.2. The second-order valence-corrected chi connectivity index (χ2v) is 6.34. The van der Waals surface area contributed by atoms with E-state index in [1.54, 1.807) is 0 Å². The molecular weight excluding hydrogens is 236 g/mol. The van der Waals surface area contributed by atoms with E-state index in [4.69, 9.17) is 0 Å². The van der Waals surface area contributed by atoms with E-state index in [-0.39, 0.29) is 0 Å². The van der Waals surface area contributed by atoms with Crippen molar-refractivity contribution >= 4 is 0 Å². The van der Waals surface area contributed by atoms with Crippen LogP contribution < -0.4 is 16.0 Å². The van der Waals surface area contributed by atoms with Crippen LogP contribution in [0.2, 0.25) is 0 Å². The summed E-state index contributed by atoms with van der Waals surface area (Å²) in [5.74, 6) is 0. The molecule has 3 heterocycles. The number of rotatable bonds is 3. The van der Waals surface area contributed by atoms with E-state index in [1.807, 2.05) is 0 Å². The van der Waals surface area contributed by atoms with Gasteiger partial charge in [0, 0.05) is 0 Å². The number of nitrogens with zero attached hydrogens (tertiary/aromatic N) is 1. The van der Waals surface area contributed by atoms with Crippen molar-refractivity contribution in [2.45, 2.75) is 76.3 Å². The molecule has 0 amide bonds. The first-order valence-corrected chi connectivity index (χ1v) is 8.43. The third-order valence-corrected chi connectivity index (χ3v) is 4.93. The highest BCUT2D eigenvalue weighted by atomic mass is 15.4. The first-order valence-electron chi connectivity index (χ1n) is 8.43. The first kappa shape index (κ1) is 13.8. The van der Waals surface area contributed by atoms with Crippen LogP contribution in [0.3, 0.4) is 0 Å². The van der Waals surface area contributed by atoms with Crippen LogP contribution in [0.25, 0.3) is 0 Å². The molecule has 3 aliphatic heterocycles. The molecule has 0 aromatic heterocycles. The Labute approximate surface area is 117 Å². The zero-order valence-electron chi connectivity index (χ0n) is 12.2. The zero-order chi connectivity index (χ0) is 12.9. The molecule has 3 atom stereocenters. The molecule has 3 fully saturated rings. The molecular formula is C15H30N4. The lowest BCUT2D eigenvalue weighted by atomic mass is 10.0. The highest BCUT2D eigenvalue weighted by Crippen LogP contribution is 2.24. The fraction of sp³-hybridized carbons (Fsp3) is 1.00. The van der Waals surface area contributed by atoms with Crippen molar-refractivity contribution in [3.63, 3.8) is 0 Å². The van der Waals surface area contributed by atoms with E-state index in [9.17, 15) is 0 Å². The van der Waals surface area contributed by atoms with Gasteiger partial charge in [-0.3, -0.25) is 4.90 Å². The summed E-state index contributed by atoms with van der Waals surface area (Å²) in [4.78, 5) is 2.75. The molecule has 3 rings (SSSR count). The Hall–Kier alpha value is -0.160. The topological polar surface area (TPSA) is 39.3 Å². The molecule has 4 nitrogen and oxygen atoms in total. The van der Waals surface area contributed by atoms with Gasteiger partial charge in [0.1, 0.15) is 0 Å². The highest BCUT2D eigenvalue weighted by Gasteiger charge is 2.34. The molecule has 19 heavy (non-hydrogen) atoms. The Balaban J connectivity index is 1.68. The first-order chi connectivity index (χ1) is 9.45. The maximum atomic E-state index is 3.76. The lowest BCUT2D eigenvalue weighted by Gasteiger charge is -2.47. The van der Waals surface area contributed by atoms with Gasteiger partial charge in [-0.25, -0.2) is 0 Å². The molecule has 0 aromatic rings. The van der Waals surface area contributed by atoms with Crippen LogP contribution in [0.15, 0.2) is 0 Å². The molecule has 3 saturated heterocycles. The summed E-state index contributed by atoms with van der Waals surface area (Å²) in [5, 5.41) is 11.3. The minimum Gasteiger partial charge on any atom is -0.302 e. The number of hydrogen-bond donors (Lipinski definition) is 3. The van der Waals surface area contributed by atoms with Crippen LogP contribution in [0.4, 0.5) is 0 Å². The molecule has 4 heteroatoms. The molecule has 3 aliphatic rings. The number of nitrogens with one attached hydrogen (secondary N) is 3. The van der Waals surface area contributed by atoms with Gasteiger partial charge in [0.05, 0.1) is 18.5 Å². The average Bonchev–Trinajstić information content (AvgIpc) is 2.51. The Bertz CT molecular complexity index is 210. The van der Waals surface area contributed by atoms with Gasteiger partial charge >= 0.3 is 0 Å². The summed E-state index contributed by atoms with van der Waals surface area (Å²) in [5.41, 5.74) is 0. The second kappa shape index (κ2) is 7.02. The second-order valence-electron chi connectivity index (χ2n) is 6.34. The van der Waals surface area contributed by atoms with E-state index in [1.165, 1.54) is 77.4 Å². The van der Waals surface area contributed by atoms with Crippen LogP contribution in [-0.4, -0.2) is 43.0 Å². The predicted octanol–water partition coefficient (Wildman–Crippen LogP) is 1.59. The molecule has 0 radical (unpaired) electrons. The number of hydrogen-bond acceptors (Lipinski definition) is 4. The van der Waals surface area contributed by atoms with Gasteiger partial charge in [-0.1, -0.05) is 0 Å². The molecule has 0 saturated carbocycles. The maximum absolute atomic E-state index is 3.76. The number of piperidine rings is 3. The van der Waals surface area contributed by atoms with Crippen molar-refractivity contribution in [2.75, 3.05) is 19.6 Å². The third kappa shape index (κ3) is 3.48. The lowest BCUT2D eigenvalue weighted by molar-refractivity contribution is -0.00732. The van der Waals surface area contributed by atoms with Crippen LogP contribution in [0.1, 0.15) is 57.8 Å². The predicted molar refractivity (Wildman–Crippen MR) is 78.8 cm³/mol.